The number of H-pyrrole nitrogens is 1. The lowest BCUT2D eigenvalue weighted by Crippen LogP contribution is -2.19. The summed E-state index contributed by atoms with van der Waals surface area (Å²) in [7, 11) is 0. The van der Waals surface area contributed by atoms with Crippen molar-refractivity contribution in [1.82, 2.24) is 15.3 Å². The molecule has 26 heavy (non-hydrogen) atoms. The van der Waals surface area contributed by atoms with Gasteiger partial charge in [-0.25, -0.2) is 9.37 Å². The van der Waals surface area contributed by atoms with Crippen molar-refractivity contribution in [2.45, 2.75) is 13.1 Å². The van der Waals surface area contributed by atoms with Crippen molar-refractivity contribution < 1.29 is 4.39 Å². The molecule has 0 radical (unpaired) electrons. The molecule has 6 heteroatoms. The van der Waals surface area contributed by atoms with Crippen LogP contribution in [0.25, 0.3) is 21.3 Å². The summed E-state index contributed by atoms with van der Waals surface area (Å²) in [5.41, 5.74) is 1.92. The van der Waals surface area contributed by atoms with Crippen molar-refractivity contribution in [3.8, 4) is 11.1 Å². The Morgan fingerprint density at radius 2 is 1.77 bits per heavy atom. The molecule has 130 valence electrons. The minimum absolute atomic E-state index is 0.244. The second-order valence-electron chi connectivity index (χ2n) is 5.91. The topological polar surface area (TPSA) is 57.8 Å². The molecule has 0 bridgehead atoms. The Morgan fingerprint density at radius 3 is 2.58 bits per heavy atom. The number of hydrogen-bond donors (Lipinski definition) is 2. The van der Waals surface area contributed by atoms with E-state index in [4.69, 9.17) is 0 Å². The molecule has 2 N–H and O–H groups in total. The van der Waals surface area contributed by atoms with Crippen molar-refractivity contribution in [3.63, 3.8) is 0 Å². The molecule has 4 nitrogen and oxygen atoms in total. The van der Waals surface area contributed by atoms with Crippen LogP contribution >= 0.6 is 11.3 Å². The third-order valence-corrected chi connectivity index (χ3v) is 4.99. The zero-order chi connectivity index (χ0) is 17.9. The number of halogens is 1. The highest BCUT2D eigenvalue weighted by molar-refractivity contribution is 7.17. The largest absolute Gasteiger partial charge is 0.309 e. The quantitative estimate of drug-likeness (QED) is 0.560. The van der Waals surface area contributed by atoms with Gasteiger partial charge < -0.3 is 10.3 Å². The third kappa shape index (κ3) is 3.29. The lowest BCUT2D eigenvalue weighted by Gasteiger charge is -2.05. The van der Waals surface area contributed by atoms with Crippen molar-refractivity contribution in [2.75, 3.05) is 0 Å². The monoisotopic (exact) mass is 365 g/mol. The zero-order valence-electron chi connectivity index (χ0n) is 13.8. The Morgan fingerprint density at radius 1 is 1.00 bits per heavy atom. The molecular formula is C20H16FN3OS. The summed E-state index contributed by atoms with van der Waals surface area (Å²) >= 11 is 1.35. The van der Waals surface area contributed by atoms with Gasteiger partial charge in [-0.15, -0.1) is 11.3 Å². The van der Waals surface area contributed by atoms with E-state index in [1.54, 1.807) is 23.6 Å². The normalized spacial score (nSPS) is 11.1. The number of nitrogens with one attached hydrogen (secondary N) is 2. The van der Waals surface area contributed by atoms with Gasteiger partial charge in [0.1, 0.15) is 16.5 Å². The molecular weight excluding hydrogens is 349 g/mol. The smallest absolute Gasteiger partial charge is 0.260 e. The molecule has 2 aromatic heterocycles. The predicted molar refractivity (Wildman–Crippen MR) is 103 cm³/mol. The van der Waals surface area contributed by atoms with Crippen LogP contribution in [0.3, 0.4) is 0 Å². The fourth-order valence-corrected chi connectivity index (χ4v) is 3.83. The number of hydrogen-bond acceptors (Lipinski definition) is 4. The number of thiophene rings is 1. The first kappa shape index (κ1) is 16.6. The van der Waals surface area contributed by atoms with Gasteiger partial charge in [0.15, 0.2) is 0 Å². The summed E-state index contributed by atoms with van der Waals surface area (Å²) in [4.78, 5) is 20.5. The average molecular weight is 365 g/mol. The summed E-state index contributed by atoms with van der Waals surface area (Å²) < 4.78 is 14.1. The summed E-state index contributed by atoms with van der Waals surface area (Å²) in [5.74, 6) is 0.223. The van der Waals surface area contributed by atoms with Gasteiger partial charge in [-0.2, -0.15) is 0 Å². The Kier molecular flexibility index (Phi) is 4.60. The van der Waals surface area contributed by atoms with Crippen molar-refractivity contribution in [3.05, 3.63) is 87.5 Å². The van der Waals surface area contributed by atoms with Crippen LogP contribution in [0.2, 0.25) is 0 Å². The van der Waals surface area contributed by atoms with Crippen LogP contribution in [0.5, 0.6) is 0 Å². The van der Waals surface area contributed by atoms with Crippen LogP contribution in [0.1, 0.15) is 11.4 Å². The summed E-state index contributed by atoms with van der Waals surface area (Å²) in [5, 5.41) is 5.49. The molecule has 0 atom stereocenters. The van der Waals surface area contributed by atoms with Crippen molar-refractivity contribution in [1.29, 1.82) is 0 Å². The Balaban J connectivity index is 1.60. The van der Waals surface area contributed by atoms with Crippen LogP contribution in [0.4, 0.5) is 4.39 Å². The van der Waals surface area contributed by atoms with Gasteiger partial charge in [-0.1, -0.05) is 48.5 Å². The number of rotatable bonds is 5. The van der Waals surface area contributed by atoms with Crippen LogP contribution in [0, 0.1) is 5.82 Å². The Bertz CT molecular complexity index is 1100. The Hall–Kier alpha value is -2.83. The lowest BCUT2D eigenvalue weighted by atomic mass is 10.1. The number of fused-ring (bicyclic) bond motifs is 1. The van der Waals surface area contributed by atoms with E-state index < -0.39 is 0 Å². The van der Waals surface area contributed by atoms with E-state index in [1.165, 1.54) is 17.4 Å². The van der Waals surface area contributed by atoms with Crippen molar-refractivity contribution in [2.24, 2.45) is 0 Å². The molecule has 2 aromatic carbocycles. The molecule has 0 aliphatic heterocycles. The van der Waals surface area contributed by atoms with E-state index in [9.17, 15) is 9.18 Å². The van der Waals surface area contributed by atoms with Gasteiger partial charge in [-0.3, -0.25) is 4.79 Å². The SMILES string of the molecule is O=c1[nH]c(CNCc2ccccc2)nc2scc(-c3ccccc3F)c12. The van der Waals surface area contributed by atoms with Crippen molar-refractivity contribution >= 4 is 21.6 Å². The maximum Gasteiger partial charge on any atom is 0.260 e. The maximum absolute atomic E-state index is 14.1. The van der Waals surface area contributed by atoms with E-state index in [2.05, 4.69) is 15.3 Å². The average Bonchev–Trinajstić information content (AvgIpc) is 3.07. The Labute approximate surface area is 153 Å². The highest BCUT2D eigenvalue weighted by Gasteiger charge is 2.15. The first-order valence-corrected chi connectivity index (χ1v) is 9.10. The molecule has 0 amide bonds. The van der Waals surface area contributed by atoms with Crippen LogP contribution < -0.4 is 10.9 Å². The van der Waals surface area contributed by atoms with E-state index in [0.29, 0.717) is 40.3 Å². The minimum atomic E-state index is -0.347. The summed E-state index contributed by atoms with van der Waals surface area (Å²) in [6.45, 7) is 1.14. The van der Waals surface area contributed by atoms with Gasteiger partial charge in [-0.05, 0) is 11.6 Å². The summed E-state index contributed by atoms with van der Waals surface area (Å²) in [6.07, 6.45) is 0. The van der Waals surface area contributed by atoms with E-state index in [0.717, 1.165) is 5.56 Å². The van der Waals surface area contributed by atoms with E-state index >= 15 is 0 Å². The standard InChI is InChI=1S/C20H16FN3OS/c21-16-9-5-4-8-14(16)15-12-26-20-18(15)19(25)23-17(24-20)11-22-10-13-6-2-1-3-7-13/h1-9,12,22H,10-11H2,(H,23,24,25). The second kappa shape index (κ2) is 7.19. The first-order chi connectivity index (χ1) is 12.7. The maximum atomic E-state index is 14.1. The molecule has 0 spiro atoms. The molecule has 0 aliphatic rings. The molecule has 2 heterocycles. The number of benzene rings is 2. The highest BCUT2D eigenvalue weighted by Crippen LogP contribution is 2.32. The molecule has 0 saturated carbocycles. The molecule has 0 fully saturated rings. The van der Waals surface area contributed by atoms with Crippen LogP contribution in [-0.2, 0) is 13.1 Å². The molecule has 4 rings (SSSR count). The zero-order valence-corrected chi connectivity index (χ0v) is 14.6. The van der Waals surface area contributed by atoms with Gasteiger partial charge in [0.2, 0.25) is 0 Å². The fourth-order valence-electron chi connectivity index (χ4n) is 2.88. The highest BCUT2D eigenvalue weighted by atomic mass is 32.1. The van der Waals surface area contributed by atoms with Gasteiger partial charge in [0.05, 0.1) is 11.9 Å². The van der Waals surface area contributed by atoms with Gasteiger partial charge in [0, 0.05) is 23.1 Å². The number of aromatic nitrogens is 2. The second-order valence-corrected chi connectivity index (χ2v) is 6.77. The number of nitrogens with zero attached hydrogens (tertiary/aromatic N) is 1. The molecule has 0 saturated heterocycles. The van der Waals surface area contributed by atoms with Gasteiger partial charge in [0.25, 0.3) is 5.56 Å². The van der Waals surface area contributed by atoms with Gasteiger partial charge >= 0.3 is 0 Å². The lowest BCUT2D eigenvalue weighted by molar-refractivity contribution is 0.631. The minimum Gasteiger partial charge on any atom is -0.309 e. The van der Waals surface area contributed by atoms with Crippen LogP contribution in [-0.4, -0.2) is 9.97 Å². The molecule has 4 aromatic rings. The third-order valence-electron chi connectivity index (χ3n) is 4.12. The summed E-state index contributed by atoms with van der Waals surface area (Å²) in [6, 6.07) is 16.5. The molecule has 0 aliphatic carbocycles. The first-order valence-electron chi connectivity index (χ1n) is 8.22. The fraction of sp³-hybridized carbons (Fsp3) is 0.100. The predicted octanol–water partition coefficient (Wildman–Crippen LogP) is 4.08. The van der Waals surface area contributed by atoms with E-state index in [1.807, 2.05) is 30.3 Å². The van der Waals surface area contributed by atoms with E-state index in [-0.39, 0.29) is 11.4 Å². The van der Waals surface area contributed by atoms with Crippen LogP contribution in [0.15, 0.2) is 64.8 Å². The number of aromatic amines is 1. The molecule has 0 unspecified atom stereocenters.